The van der Waals surface area contributed by atoms with Crippen molar-refractivity contribution in [3.05, 3.63) is 60.2 Å². The summed E-state index contributed by atoms with van der Waals surface area (Å²) in [5.41, 5.74) is 0.639. The van der Waals surface area contributed by atoms with Gasteiger partial charge in [-0.15, -0.1) is 0 Å². The van der Waals surface area contributed by atoms with Gasteiger partial charge in [0.15, 0.2) is 0 Å². The fourth-order valence-corrected chi connectivity index (χ4v) is 1.55. The second-order valence-electron chi connectivity index (χ2n) is 3.90. The highest BCUT2D eigenvalue weighted by Crippen LogP contribution is 2.19. The number of alkyl halides is 1. The van der Waals surface area contributed by atoms with Gasteiger partial charge in [0.1, 0.15) is 11.8 Å². The lowest BCUT2D eigenvalue weighted by Crippen LogP contribution is -2.29. The Labute approximate surface area is 115 Å². The van der Waals surface area contributed by atoms with Crippen molar-refractivity contribution in [1.29, 1.82) is 5.26 Å². The fraction of sp³-hybridized carbons (Fsp3) is 0.0667. The second kappa shape index (κ2) is 6.34. The van der Waals surface area contributed by atoms with Crippen LogP contribution in [-0.2, 0) is 4.79 Å². The Hall–Kier alpha value is -2.87. The van der Waals surface area contributed by atoms with Gasteiger partial charge in [-0.05, 0) is 24.3 Å². The molecular weight excluding hydrogens is 259 g/mol. The number of rotatable bonds is 4. The summed E-state index contributed by atoms with van der Waals surface area (Å²) < 4.78 is 18.6. The van der Waals surface area contributed by atoms with Crippen LogP contribution in [0.3, 0.4) is 0 Å². The lowest BCUT2D eigenvalue weighted by atomic mass is 10.2. The minimum atomic E-state index is -2.19. The van der Waals surface area contributed by atoms with Gasteiger partial charge in [0.2, 0.25) is 0 Å². The summed E-state index contributed by atoms with van der Waals surface area (Å²) in [4.78, 5) is 11.6. The van der Waals surface area contributed by atoms with Crippen molar-refractivity contribution in [3.8, 4) is 11.8 Å². The zero-order chi connectivity index (χ0) is 14.4. The van der Waals surface area contributed by atoms with Crippen molar-refractivity contribution in [3.63, 3.8) is 0 Å². The van der Waals surface area contributed by atoms with Gasteiger partial charge in [0.25, 0.3) is 5.91 Å². The zero-order valence-corrected chi connectivity index (χ0v) is 10.4. The summed E-state index contributed by atoms with van der Waals surface area (Å²) in [5, 5.41) is 11.2. The number of hydrogen-bond acceptors (Lipinski definition) is 3. The number of nitrogens with zero attached hydrogens (tertiary/aromatic N) is 1. The van der Waals surface area contributed by atoms with Gasteiger partial charge in [-0.25, -0.2) is 0 Å². The normalized spacial score (nSPS) is 11.2. The molecule has 20 heavy (non-hydrogen) atoms. The van der Waals surface area contributed by atoms with Crippen LogP contribution in [0.15, 0.2) is 54.6 Å². The minimum absolute atomic E-state index is 0.0331. The van der Waals surface area contributed by atoms with Gasteiger partial charge in [0.05, 0.1) is 5.56 Å². The smallest absolute Gasteiger partial charge is 0.317 e. The maximum atomic E-state index is 13.7. The Kier molecular flexibility index (Phi) is 4.30. The first-order valence-electron chi connectivity index (χ1n) is 5.86. The van der Waals surface area contributed by atoms with Gasteiger partial charge >= 0.3 is 6.36 Å². The van der Waals surface area contributed by atoms with E-state index in [0.717, 1.165) is 0 Å². The number of hydrogen-bond donors (Lipinski definition) is 1. The zero-order valence-electron chi connectivity index (χ0n) is 10.4. The molecule has 100 valence electrons. The Balaban J connectivity index is 2.03. The summed E-state index contributed by atoms with van der Waals surface area (Å²) in [6.07, 6.45) is -2.19. The molecule has 0 aliphatic rings. The van der Waals surface area contributed by atoms with E-state index in [0.29, 0.717) is 5.69 Å². The number of nitrogens with one attached hydrogen (secondary N) is 1. The molecule has 0 saturated carbocycles. The summed E-state index contributed by atoms with van der Waals surface area (Å²) in [5.74, 6) is -0.894. The molecule has 0 saturated heterocycles. The number of amides is 1. The summed E-state index contributed by atoms with van der Waals surface area (Å²) in [6.45, 7) is 0. The molecule has 0 aliphatic heterocycles. The number of ether oxygens (including phenoxy) is 1. The van der Waals surface area contributed by atoms with Crippen LogP contribution in [0.25, 0.3) is 0 Å². The standard InChI is InChI=1S/C15H11FN2O2/c16-14(15(19)18-12-7-2-1-3-8-12)20-13-9-5-4-6-11(13)10-17/h1-9,14H,(H,18,19). The lowest BCUT2D eigenvalue weighted by Gasteiger charge is -2.12. The fourth-order valence-electron chi connectivity index (χ4n) is 1.55. The van der Waals surface area contributed by atoms with Crippen LogP contribution in [-0.4, -0.2) is 12.3 Å². The van der Waals surface area contributed by atoms with Crippen molar-refractivity contribution in [2.24, 2.45) is 0 Å². The average Bonchev–Trinajstić information content (AvgIpc) is 2.48. The van der Waals surface area contributed by atoms with Gasteiger partial charge in [-0.2, -0.15) is 9.65 Å². The van der Waals surface area contributed by atoms with E-state index in [1.165, 1.54) is 12.1 Å². The van der Waals surface area contributed by atoms with E-state index < -0.39 is 12.3 Å². The predicted octanol–water partition coefficient (Wildman–Crippen LogP) is 2.87. The third-order valence-electron chi connectivity index (χ3n) is 2.49. The molecule has 2 aromatic carbocycles. The third kappa shape index (κ3) is 3.33. The number of carbonyl (C=O) groups is 1. The molecule has 0 radical (unpaired) electrons. The molecule has 0 fully saturated rings. The van der Waals surface area contributed by atoms with E-state index in [1.807, 2.05) is 6.07 Å². The predicted molar refractivity (Wildman–Crippen MR) is 71.8 cm³/mol. The maximum Gasteiger partial charge on any atom is 0.317 e. The first-order chi connectivity index (χ1) is 9.70. The van der Waals surface area contributed by atoms with Crippen molar-refractivity contribution < 1.29 is 13.9 Å². The molecule has 1 amide bonds. The number of anilines is 1. The van der Waals surface area contributed by atoms with Crippen molar-refractivity contribution in [2.75, 3.05) is 5.32 Å². The summed E-state index contributed by atoms with van der Waals surface area (Å²) >= 11 is 0. The van der Waals surface area contributed by atoms with E-state index in [2.05, 4.69) is 5.32 Å². The first-order valence-corrected chi connectivity index (χ1v) is 5.86. The molecule has 0 aromatic heterocycles. The van der Waals surface area contributed by atoms with Crippen molar-refractivity contribution in [2.45, 2.75) is 6.36 Å². The Morgan fingerprint density at radius 3 is 2.50 bits per heavy atom. The SMILES string of the molecule is N#Cc1ccccc1OC(F)C(=O)Nc1ccccc1. The first kappa shape index (κ1) is 13.6. The third-order valence-corrected chi connectivity index (χ3v) is 2.49. The van der Waals surface area contributed by atoms with E-state index in [4.69, 9.17) is 10.00 Å². The largest absolute Gasteiger partial charge is 0.450 e. The summed E-state index contributed by atoms with van der Waals surface area (Å²) in [6, 6.07) is 16.5. The van der Waals surface area contributed by atoms with Gasteiger partial charge in [-0.1, -0.05) is 30.3 Å². The Morgan fingerprint density at radius 2 is 1.80 bits per heavy atom. The topological polar surface area (TPSA) is 62.1 Å². The lowest BCUT2D eigenvalue weighted by molar-refractivity contribution is -0.129. The van der Waals surface area contributed by atoms with Gasteiger partial charge in [-0.3, -0.25) is 4.79 Å². The molecule has 4 nitrogen and oxygen atoms in total. The van der Waals surface area contributed by atoms with Crippen LogP contribution in [0.4, 0.5) is 10.1 Å². The molecule has 5 heteroatoms. The second-order valence-corrected chi connectivity index (χ2v) is 3.90. The maximum absolute atomic E-state index is 13.7. The quantitative estimate of drug-likeness (QED) is 0.929. The van der Waals surface area contributed by atoms with Crippen LogP contribution in [0.2, 0.25) is 0 Å². The number of carbonyl (C=O) groups excluding carboxylic acids is 1. The van der Waals surface area contributed by atoms with Crippen LogP contribution < -0.4 is 10.1 Å². The van der Waals surface area contributed by atoms with E-state index in [-0.39, 0.29) is 11.3 Å². The van der Waals surface area contributed by atoms with Crippen LogP contribution >= 0.6 is 0 Å². The average molecular weight is 270 g/mol. The van der Waals surface area contributed by atoms with Crippen molar-refractivity contribution >= 4 is 11.6 Å². The number of halogens is 1. The molecule has 0 heterocycles. The molecular formula is C15H11FN2O2. The highest BCUT2D eigenvalue weighted by atomic mass is 19.1. The van der Waals surface area contributed by atoms with Crippen LogP contribution in [0.1, 0.15) is 5.56 Å². The molecule has 1 unspecified atom stereocenters. The summed E-state index contributed by atoms with van der Waals surface area (Å²) in [7, 11) is 0. The van der Waals surface area contributed by atoms with E-state index in [1.54, 1.807) is 42.5 Å². The molecule has 2 rings (SSSR count). The molecule has 0 aliphatic carbocycles. The molecule has 0 spiro atoms. The van der Waals surface area contributed by atoms with Gasteiger partial charge < -0.3 is 10.1 Å². The van der Waals surface area contributed by atoms with Crippen molar-refractivity contribution in [1.82, 2.24) is 0 Å². The minimum Gasteiger partial charge on any atom is -0.450 e. The molecule has 1 atom stereocenters. The number of nitriles is 1. The highest BCUT2D eigenvalue weighted by Gasteiger charge is 2.20. The van der Waals surface area contributed by atoms with Crippen LogP contribution in [0, 0.1) is 11.3 Å². The molecule has 0 bridgehead atoms. The van der Waals surface area contributed by atoms with Crippen LogP contribution in [0.5, 0.6) is 5.75 Å². The molecule has 2 aromatic rings. The van der Waals surface area contributed by atoms with Gasteiger partial charge in [0, 0.05) is 5.69 Å². The molecule has 1 N–H and O–H groups in total. The number of benzene rings is 2. The van der Waals surface area contributed by atoms with E-state index in [9.17, 15) is 9.18 Å². The van der Waals surface area contributed by atoms with E-state index >= 15 is 0 Å². The number of para-hydroxylation sites is 2. The Bertz CT molecular complexity index is 638. The highest BCUT2D eigenvalue weighted by molar-refractivity contribution is 5.93. The monoisotopic (exact) mass is 270 g/mol. The Morgan fingerprint density at radius 1 is 1.15 bits per heavy atom.